The van der Waals surface area contributed by atoms with E-state index < -0.39 is 18.4 Å². The van der Waals surface area contributed by atoms with Crippen molar-refractivity contribution in [2.75, 3.05) is 14.2 Å². The van der Waals surface area contributed by atoms with Crippen LogP contribution in [-0.2, 0) is 0 Å². The fraction of sp³-hybridized carbons (Fsp3) is 0.135. The molecule has 0 aliphatic rings. The standard InChI is InChI=1S/C34H23O3.3CH3.Sn/c1-35-31-27(21-13-5-3-6-14-21)23-17-9-11-19-25(23)29-30-26-20-12-10-18-24(26)28(22-15-7-4-8-16-22)32(36-2)34(30)37-33(29)31;;;;/h3,5-20H,1-2H3;3*1H3;. The average Bonchev–Trinajstić information content (AvgIpc) is 3.40. The first-order valence-corrected chi connectivity index (χ1v) is 24.0. The molecule has 0 atom stereocenters. The van der Waals surface area contributed by atoms with Gasteiger partial charge in [0, 0.05) is 0 Å². The van der Waals surface area contributed by atoms with E-state index in [-0.39, 0.29) is 0 Å². The molecule has 0 amide bonds. The fourth-order valence-electron chi connectivity index (χ4n) is 6.28. The summed E-state index contributed by atoms with van der Waals surface area (Å²) in [7, 11) is 3.47. The van der Waals surface area contributed by atoms with E-state index in [9.17, 15) is 0 Å². The molecule has 0 N–H and O–H groups in total. The summed E-state index contributed by atoms with van der Waals surface area (Å²) in [5.41, 5.74) is 5.77. The molecule has 1 aromatic heterocycles. The van der Waals surface area contributed by atoms with Gasteiger partial charge in [-0.2, -0.15) is 0 Å². The van der Waals surface area contributed by atoms with Crippen molar-refractivity contribution >= 4 is 65.4 Å². The Bertz CT molecular complexity index is 2080. The van der Waals surface area contributed by atoms with Crippen LogP contribution < -0.4 is 13.1 Å². The van der Waals surface area contributed by atoms with Gasteiger partial charge in [0.25, 0.3) is 0 Å². The minimum absolute atomic E-state index is 0.732. The van der Waals surface area contributed by atoms with E-state index in [4.69, 9.17) is 13.9 Å². The van der Waals surface area contributed by atoms with Crippen molar-refractivity contribution in [2.45, 2.75) is 14.8 Å². The van der Waals surface area contributed by atoms with Crippen molar-refractivity contribution in [1.29, 1.82) is 0 Å². The van der Waals surface area contributed by atoms with Crippen molar-refractivity contribution in [3.8, 4) is 33.8 Å². The molecule has 7 rings (SSSR count). The zero-order valence-electron chi connectivity index (χ0n) is 24.0. The number of hydrogen-bond acceptors (Lipinski definition) is 3. The summed E-state index contributed by atoms with van der Waals surface area (Å²) in [6.07, 6.45) is 0. The number of furan rings is 1. The van der Waals surface area contributed by atoms with Gasteiger partial charge in [0.2, 0.25) is 0 Å². The molecule has 0 radical (unpaired) electrons. The number of rotatable bonds is 5. The Morgan fingerprint density at radius 2 is 0.902 bits per heavy atom. The summed E-state index contributed by atoms with van der Waals surface area (Å²) in [6, 6.07) is 36.7. The van der Waals surface area contributed by atoms with Crippen LogP contribution in [0.15, 0.2) is 108 Å². The maximum absolute atomic E-state index is 6.88. The van der Waals surface area contributed by atoms with E-state index in [0.29, 0.717) is 0 Å². The van der Waals surface area contributed by atoms with Gasteiger partial charge in [0.05, 0.1) is 0 Å². The van der Waals surface area contributed by atoms with Gasteiger partial charge in [0.15, 0.2) is 0 Å². The van der Waals surface area contributed by atoms with Crippen LogP contribution in [-0.4, -0.2) is 32.6 Å². The van der Waals surface area contributed by atoms with Gasteiger partial charge in [-0.3, -0.25) is 0 Å². The third-order valence-corrected chi connectivity index (χ3v) is 14.1. The Kier molecular flexibility index (Phi) is 6.24. The fourth-order valence-corrected chi connectivity index (χ4v) is 9.61. The summed E-state index contributed by atoms with van der Waals surface area (Å²) >= 11 is -2.20. The molecule has 4 heteroatoms. The first-order valence-electron chi connectivity index (χ1n) is 14.0. The third-order valence-electron chi connectivity index (χ3n) is 8.22. The molecule has 0 saturated heterocycles. The molecule has 0 fully saturated rings. The molecule has 0 aliphatic carbocycles. The zero-order valence-corrected chi connectivity index (χ0v) is 26.9. The van der Waals surface area contributed by atoms with Crippen molar-refractivity contribution in [2.24, 2.45) is 0 Å². The van der Waals surface area contributed by atoms with E-state index in [1.54, 1.807) is 14.2 Å². The third kappa shape index (κ3) is 4.01. The molecule has 3 nitrogen and oxygen atoms in total. The Morgan fingerprint density at radius 3 is 1.34 bits per heavy atom. The van der Waals surface area contributed by atoms with E-state index >= 15 is 0 Å². The molecule has 6 aromatic carbocycles. The minimum atomic E-state index is -2.20. The van der Waals surface area contributed by atoms with Crippen molar-refractivity contribution < 1.29 is 13.9 Å². The topological polar surface area (TPSA) is 31.6 Å². The Morgan fingerprint density at radius 1 is 0.488 bits per heavy atom. The van der Waals surface area contributed by atoms with Gasteiger partial charge < -0.3 is 0 Å². The van der Waals surface area contributed by atoms with E-state index in [1.807, 2.05) is 6.07 Å². The molecule has 0 bridgehead atoms. The maximum atomic E-state index is 6.88. The van der Waals surface area contributed by atoms with Crippen LogP contribution >= 0.6 is 0 Å². The van der Waals surface area contributed by atoms with Gasteiger partial charge in [0.1, 0.15) is 0 Å². The van der Waals surface area contributed by atoms with Crippen molar-refractivity contribution in [1.82, 2.24) is 0 Å². The quantitative estimate of drug-likeness (QED) is 0.175. The predicted octanol–water partition coefficient (Wildman–Crippen LogP) is 9.79. The summed E-state index contributed by atoms with van der Waals surface area (Å²) in [5, 5.41) is 6.63. The van der Waals surface area contributed by atoms with Gasteiger partial charge in [-0.25, -0.2) is 0 Å². The van der Waals surface area contributed by atoms with Crippen LogP contribution in [0, 0.1) is 0 Å². The van der Waals surface area contributed by atoms with Gasteiger partial charge in [-0.1, -0.05) is 36.4 Å². The van der Waals surface area contributed by atoms with Crippen LogP contribution in [0.2, 0.25) is 14.8 Å². The van der Waals surface area contributed by atoms with Crippen molar-refractivity contribution in [3.05, 3.63) is 103 Å². The van der Waals surface area contributed by atoms with Crippen LogP contribution in [0.1, 0.15) is 0 Å². The summed E-state index contributed by atoms with van der Waals surface area (Å²) < 4.78 is 20.8. The molecule has 0 unspecified atom stereocenters. The molecule has 202 valence electrons. The molecule has 0 spiro atoms. The zero-order chi connectivity index (χ0) is 28.3. The number of methoxy groups -OCH3 is 2. The molecule has 7 aromatic rings. The first-order chi connectivity index (χ1) is 19.9. The Balaban J connectivity index is 1.67. The van der Waals surface area contributed by atoms with Crippen LogP contribution in [0.25, 0.3) is 65.7 Å². The van der Waals surface area contributed by atoms with E-state index in [1.165, 1.54) is 3.58 Å². The number of ether oxygens (including phenoxy) is 2. The molecule has 0 saturated carbocycles. The Labute approximate surface area is 244 Å². The Hall–Kier alpha value is -3.96. The average molecular weight is 643 g/mol. The van der Waals surface area contributed by atoms with Crippen molar-refractivity contribution in [3.63, 3.8) is 0 Å². The van der Waals surface area contributed by atoms with Gasteiger partial charge >= 0.3 is 209 Å². The molecular weight excluding hydrogens is 611 g/mol. The summed E-state index contributed by atoms with van der Waals surface area (Å²) in [6.45, 7) is 0. The molecule has 0 aliphatic heterocycles. The van der Waals surface area contributed by atoms with Gasteiger partial charge in [-0.05, 0) is 0 Å². The normalized spacial score (nSPS) is 12.0. The van der Waals surface area contributed by atoms with Crippen LogP contribution in [0.5, 0.6) is 11.5 Å². The van der Waals surface area contributed by atoms with Gasteiger partial charge in [-0.15, -0.1) is 0 Å². The monoisotopic (exact) mass is 644 g/mol. The van der Waals surface area contributed by atoms with E-state index in [0.717, 1.165) is 77.2 Å². The number of fused-ring (bicyclic) bond motifs is 7. The van der Waals surface area contributed by atoms with Crippen LogP contribution in [0.3, 0.4) is 0 Å². The number of hydrogen-bond donors (Lipinski definition) is 0. The first kappa shape index (κ1) is 26.0. The summed E-state index contributed by atoms with van der Waals surface area (Å²) in [5.74, 6) is 1.48. The van der Waals surface area contributed by atoms with E-state index in [2.05, 4.69) is 112 Å². The predicted molar refractivity (Wildman–Crippen MR) is 176 cm³/mol. The SMILES string of the molecule is COc1c(-c2ccccc2)c2ccccc2c2c1oc1c(OC)c(-c3cc[c]([Sn]([CH3])([CH3])[CH3])cc3)c3ccccc3c12. The second-order valence-corrected chi connectivity index (χ2v) is 26.1. The summed E-state index contributed by atoms with van der Waals surface area (Å²) in [4.78, 5) is 7.34. The molecular formula is C37H32O3Sn. The van der Waals surface area contributed by atoms with Crippen LogP contribution in [0.4, 0.5) is 0 Å². The second kappa shape index (κ2) is 9.84. The molecule has 41 heavy (non-hydrogen) atoms. The second-order valence-electron chi connectivity index (χ2n) is 11.6. The molecule has 1 heterocycles. The number of benzene rings is 6.